The van der Waals surface area contributed by atoms with Gasteiger partial charge in [0.2, 0.25) is 0 Å². The van der Waals surface area contributed by atoms with Crippen molar-refractivity contribution in [2.75, 3.05) is 33.7 Å². The van der Waals surface area contributed by atoms with Crippen LogP contribution in [0.3, 0.4) is 0 Å². The normalized spacial score (nSPS) is 25.8. The molecule has 0 radical (unpaired) electrons. The second-order valence-corrected chi connectivity index (χ2v) is 9.80. The van der Waals surface area contributed by atoms with Crippen LogP contribution in [0.4, 0.5) is 0 Å². The van der Waals surface area contributed by atoms with Crippen molar-refractivity contribution < 1.29 is 9.53 Å². The molecule has 4 atom stereocenters. The Bertz CT molecular complexity index is 815. The zero-order chi connectivity index (χ0) is 22.5. The molecule has 1 heterocycles. The minimum atomic E-state index is -0.381. The molecule has 2 fully saturated rings. The quantitative estimate of drug-likeness (QED) is 0.559. The summed E-state index contributed by atoms with van der Waals surface area (Å²) in [6.07, 6.45) is 4.77. The van der Waals surface area contributed by atoms with Crippen molar-refractivity contribution in [1.29, 1.82) is 0 Å². The average Bonchev–Trinajstić information content (AvgIpc) is 2.79. The third-order valence-electron chi connectivity index (χ3n) is 7.42. The third kappa shape index (κ3) is 5.07. The molecular weight excluding hydrogens is 396 g/mol. The van der Waals surface area contributed by atoms with Gasteiger partial charge in [0.25, 0.3) is 0 Å². The molecule has 4 rings (SSSR count). The monoisotopic (exact) mass is 434 g/mol. The lowest BCUT2D eigenvalue weighted by Crippen LogP contribution is -2.60. The number of fused-ring (bicyclic) bond motifs is 2. The Labute approximate surface area is 193 Å². The fraction of sp³-hybridized carbons (Fsp3) is 0.536. The predicted molar refractivity (Wildman–Crippen MR) is 130 cm³/mol. The van der Waals surface area contributed by atoms with Gasteiger partial charge >= 0.3 is 5.97 Å². The van der Waals surface area contributed by atoms with Crippen LogP contribution in [0.2, 0.25) is 0 Å². The minimum Gasteiger partial charge on any atom is -0.461 e. The number of carbonyl (C=O) groups excluding carboxylic acids is 1. The van der Waals surface area contributed by atoms with Crippen LogP contribution in [0.5, 0.6) is 0 Å². The average molecular weight is 435 g/mol. The Morgan fingerprint density at radius 3 is 2.19 bits per heavy atom. The van der Waals surface area contributed by atoms with Crippen LogP contribution in [0.1, 0.15) is 49.7 Å². The van der Waals surface area contributed by atoms with Gasteiger partial charge in [0.05, 0.1) is 0 Å². The molecule has 1 aliphatic heterocycles. The molecule has 4 nitrogen and oxygen atoms in total. The molecule has 32 heavy (non-hydrogen) atoms. The zero-order valence-corrected chi connectivity index (χ0v) is 19.8. The first-order valence-corrected chi connectivity index (χ1v) is 12.3. The van der Waals surface area contributed by atoms with Crippen LogP contribution in [0.15, 0.2) is 60.7 Å². The molecule has 2 bridgehead atoms. The Balaban J connectivity index is 1.58. The van der Waals surface area contributed by atoms with E-state index in [9.17, 15) is 4.79 Å². The van der Waals surface area contributed by atoms with Crippen LogP contribution >= 0.6 is 0 Å². The van der Waals surface area contributed by atoms with E-state index in [0.29, 0.717) is 17.9 Å². The first-order valence-electron chi connectivity index (χ1n) is 12.3. The highest BCUT2D eigenvalue weighted by atomic mass is 16.5. The van der Waals surface area contributed by atoms with E-state index in [1.807, 2.05) is 60.7 Å². The lowest BCUT2D eigenvalue weighted by molar-refractivity contribution is -0.168. The molecule has 2 aromatic rings. The number of benzene rings is 2. The van der Waals surface area contributed by atoms with Crippen LogP contribution in [0, 0.1) is 11.8 Å². The van der Waals surface area contributed by atoms with Crippen molar-refractivity contribution in [1.82, 2.24) is 9.80 Å². The number of nitrogens with zero attached hydrogens (tertiary/aromatic N) is 2. The van der Waals surface area contributed by atoms with Crippen molar-refractivity contribution in [3.05, 3.63) is 71.8 Å². The van der Waals surface area contributed by atoms with E-state index in [4.69, 9.17) is 4.74 Å². The number of esters is 1. The fourth-order valence-electron chi connectivity index (χ4n) is 5.80. The van der Waals surface area contributed by atoms with Crippen molar-refractivity contribution in [2.45, 2.75) is 50.7 Å². The smallest absolute Gasteiger partial charge is 0.318 e. The van der Waals surface area contributed by atoms with E-state index < -0.39 is 0 Å². The highest BCUT2D eigenvalue weighted by Gasteiger charge is 2.47. The van der Waals surface area contributed by atoms with E-state index in [1.54, 1.807) is 0 Å². The molecule has 172 valence electrons. The second-order valence-electron chi connectivity index (χ2n) is 9.80. The number of unbranched alkanes of at least 4 members (excludes halogenated alkanes) is 1. The largest absolute Gasteiger partial charge is 0.461 e. The van der Waals surface area contributed by atoms with Crippen LogP contribution in [-0.2, 0) is 9.53 Å². The summed E-state index contributed by atoms with van der Waals surface area (Å²) in [5.41, 5.74) is 2.00. The second kappa shape index (κ2) is 10.6. The maximum absolute atomic E-state index is 13.7. The molecule has 1 saturated heterocycles. The fourth-order valence-corrected chi connectivity index (χ4v) is 5.80. The van der Waals surface area contributed by atoms with Gasteiger partial charge in [0.15, 0.2) is 0 Å². The SMILES string of the molecule is CCCCN1CC2CC[C@@H](N(C)C)C(C1)[C@H]2OC(=O)C(c1ccccc1)c1ccccc1. The predicted octanol–water partition coefficient (Wildman–Crippen LogP) is 4.80. The van der Waals surface area contributed by atoms with Gasteiger partial charge in [-0.15, -0.1) is 0 Å². The van der Waals surface area contributed by atoms with Gasteiger partial charge < -0.3 is 14.5 Å². The molecule has 0 N–H and O–H groups in total. The van der Waals surface area contributed by atoms with E-state index >= 15 is 0 Å². The minimum absolute atomic E-state index is 0.00329. The number of likely N-dealkylation sites (tertiary alicyclic amines) is 1. The number of carbonyl (C=O) groups is 1. The first-order chi connectivity index (χ1) is 15.6. The van der Waals surface area contributed by atoms with Gasteiger partial charge in [0, 0.05) is 31.0 Å². The summed E-state index contributed by atoms with van der Waals surface area (Å²) in [6.45, 7) is 5.49. The molecule has 1 saturated carbocycles. The number of rotatable bonds is 8. The molecular formula is C28H38N2O2. The number of ether oxygens (including phenoxy) is 1. The van der Waals surface area contributed by atoms with Crippen LogP contribution in [-0.4, -0.2) is 61.6 Å². The van der Waals surface area contributed by atoms with E-state index in [-0.39, 0.29) is 18.0 Å². The van der Waals surface area contributed by atoms with Gasteiger partial charge in [0.1, 0.15) is 12.0 Å². The van der Waals surface area contributed by atoms with Crippen LogP contribution < -0.4 is 0 Å². The molecule has 0 amide bonds. The maximum Gasteiger partial charge on any atom is 0.318 e. The Kier molecular flexibility index (Phi) is 7.64. The molecule has 0 spiro atoms. The standard InChI is InChI=1S/C28H38N2O2/c1-4-5-18-30-19-23-16-17-25(29(2)3)24(20-30)27(23)32-28(31)26(21-12-8-6-9-13-21)22-14-10-7-11-15-22/h6-15,23-27H,4-5,16-20H2,1-3H3/t23?,24?,25-,27+/m1/s1. The maximum atomic E-state index is 13.7. The summed E-state index contributed by atoms with van der Waals surface area (Å²) in [5.74, 6) is 0.307. The summed E-state index contributed by atoms with van der Waals surface area (Å²) in [4.78, 5) is 18.7. The lowest BCUT2D eigenvalue weighted by Gasteiger charge is -2.51. The molecule has 4 heteroatoms. The summed E-state index contributed by atoms with van der Waals surface area (Å²) in [5, 5.41) is 0. The van der Waals surface area contributed by atoms with Gasteiger partial charge in [-0.3, -0.25) is 4.79 Å². The number of hydrogen-bond donors (Lipinski definition) is 0. The van der Waals surface area contributed by atoms with Crippen molar-refractivity contribution >= 4 is 5.97 Å². The molecule has 2 unspecified atom stereocenters. The van der Waals surface area contributed by atoms with Gasteiger partial charge in [-0.25, -0.2) is 0 Å². The topological polar surface area (TPSA) is 32.8 Å². The number of piperidine rings is 1. The highest BCUT2D eigenvalue weighted by Crippen LogP contribution is 2.40. The Morgan fingerprint density at radius 2 is 1.62 bits per heavy atom. The Hall–Kier alpha value is -2.17. The van der Waals surface area contributed by atoms with Gasteiger partial charge in [-0.2, -0.15) is 0 Å². The molecule has 2 aromatic carbocycles. The van der Waals surface area contributed by atoms with Crippen molar-refractivity contribution in [2.24, 2.45) is 11.8 Å². The third-order valence-corrected chi connectivity index (χ3v) is 7.42. The molecule has 1 aliphatic carbocycles. The van der Waals surface area contributed by atoms with Crippen LogP contribution in [0.25, 0.3) is 0 Å². The lowest BCUT2D eigenvalue weighted by atomic mass is 9.71. The summed E-state index contributed by atoms with van der Waals surface area (Å²) in [7, 11) is 4.34. The summed E-state index contributed by atoms with van der Waals surface area (Å²) >= 11 is 0. The number of hydrogen-bond acceptors (Lipinski definition) is 4. The first kappa shape index (κ1) is 23.0. The molecule has 0 aromatic heterocycles. The van der Waals surface area contributed by atoms with Gasteiger partial charge in [-0.1, -0.05) is 74.0 Å². The molecule has 2 aliphatic rings. The van der Waals surface area contributed by atoms with E-state index in [1.165, 1.54) is 19.3 Å². The van der Waals surface area contributed by atoms with Gasteiger partial charge in [-0.05, 0) is 51.0 Å². The Morgan fingerprint density at radius 1 is 1.00 bits per heavy atom. The zero-order valence-electron chi connectivity index (χ0n) is 19.8. The summed E-state index contributed by atoms with van der Waals surface area (Å²) in [6, 6.07) is 20.6. The van der Waals surface area contributed by atoms with E-state index in [0.717, 1.165) is 37.2 Å². The van der Waals surface area contributed by atoms with Crippen molar-refractivity contribution in [3.63, 3.8) is 0 Å². The highest BCUT2D eigenvalue weighted by molar-refractivity contribution is 5.82. The van der Waals surface area contributed by atoms with Crippen molar-refractivity contribution in [3.8, 4) is 0 Å². The van der Waals surface area contributed by atoms with E-state index in [2.05, 4.69) is 30.8 Å². The summed E-state index contributed by atoms with van der Waals surface area (Å²) < 4.78 is 6.47.